The smallest absolute Gasteiger partial charge is 0.175 e. The topological polar surface area (TPSA) is 75.8 Å². The van der Waals surface area contributed by atoms with Crippen molar-refractivity contribution in [2.24, 2.45) is 0 Å². The summed E-state index contributed by atoms with van der Waals surface area (Å²) in [4.78, 5) is 0.198. The molecular formula is C18H14FN3O2S. The second-order valence-corrected chi connectivity index (χ2v) is 7.68. The number of aryl methyl sites for hydroxylation is 1. The summed E-state index contributed by atoms with van der Waals surface area (Å²) >= 11 is 0. The lowest BCUT2D eigenvalue weighted by Crippen LogP contribution is -2.01. The van der Waals surface area contributed by atoms with Crippen LogP contribution in [0.5, 0.6) is 0 Å². The Kier molecular flexibility index (Phi) is 4.15. The highest BCUT2D eigenvalue weighted by Crippen LogP contribution is 2.26. The molecule has 0 saturated carbocycles. The lowest BCUT2D eigenvalue weighted by molar-refractivity contribution is 0.602. The Bertz CT molecular complexity index is 1090. The number of nitriles is 1. The molecule has 0 aliphatic carbocycles. The highest BCUT2D eigenvalue weighted by molar-refractivity contribution is 7.90. The lowest BCUT2D eigenvalue weighted by Gasteiger charge is -2.09. The molecule has 3 rings (SSSR count). The second kappa shape index (κ2) is 6.15. The van der Waals surface area contributed by atoms with Crippen molar-refractivity contribution in [3.8, 4) is 23.0 Å². The van der Waals surface area contributed by atoms with Crippen molar-refractivity contribution in [1.29, 1.82) is 5.26 Å². The van der Waals surface area contributed by atoms with Crippen molar-refractivity contribution in [3.63, 3.8) is 0 Å². The molecule has 1 aromatic heterocycles. The van der Waals surface area contributed by atoms with E-state index >= 15 is 0 Å². The third kappa shape index (κ3) is 3.30. The van der Waals surface area contributed by atoms with Gasteiger partial charge in [0.25, 0.3) is 0 Å². The molecule has 0 fully saturated rings. The minimum Gasteiger partial charge on any atom is -0.232 e. The minimum absolute atomic E-state index is 0.183. The number of sulfone groups is 1. The van der Waals surface area contributed by atoms with Crippen LogP contribution in [-0.2, 0) is 9.84 Å². The fourth-order valence-electron chi connectivity index (χ4n) is 2.42. The summed E-state index contributed by atoms with van der Waals surface area (Å²) in [7, 11) is -3.30. The SMILES string of the molecule is Cc1ccc(-n2nc(C#N)cc2-c2ccc(S(C)(=O)=O)cc2)cc1F. The number of rotatable bonds is 3. The molecule has 0 unspecified atom stereocenters. The summed E-state index contributed by atoms with van der Waals surface area (Å²) in [5.74, 6) is -0.370. The van der Waals surface area contributed by atoms with Gasteiger partial charge in [0, 0.05) is 17.9 Å². The van der Waals surface area contributed by atoms with Crippen molar-refractivity contribution in [2.45, 2.75) is 11.8 Å². The van der Waals surface area contributed by atoms with Gasteiger partial charge in [-0.05, 0) is 36.8 Å². The van der Waals surface area contributed by atoms with E-state index in [9.17, 15) is 12.8 Å². The first-order chi connectivity index (χ1) is 11.8. The average Bonchev–Trinajstić information content (AvgIpc) is 3.01. The number of benzene rings is 2. The van der Waals surface area contributed by atoms with Crippen molar-refractivity contribution < 1.29 is 12.8 Å². The Labute approximate surface area is 144 Å². The van der Waals surface area contributed by atoms with Crippen LogP contribution in [0.2, 0.25) is 0 Å². The van der Waals surface area contributed by atoms with Gasteiger partial charge < -0.3 is 0 Å². The Morgan fingerprint density at radius 3 is 2.36 bits per heavy atom. The van der Waals surface area contributed by atoms with E-state index in [0.29, 0.717) is 22.5 Å². The first-order valence-corrected chi connectivity index (χ1v) is 9.26. The van der Waals surface area contributed by atoms with E-state index in [0.717, 1.165) is 6.26 Å². The lowest BCUT2D eigenvalue weighted by atomic mass is 10.1. The molecule has 0 bridgehead atoms. The predicted octanol–water partition coefficient (Wildman–Crippen LogP) is 3.26. The molecule has 2 aromatic carbocycles. The minimum atomic E-state index is -3.30. The summed E-state index contributed by atoms with van der Waals surface area (Å²) < 4.78 is 38.5. The van der Waals surface area contributed by atoms with E-state index in [2.05, 4.69) is 5.10 Å². The number of nitrogens with zero attached hydrogens (tertiary/aromatic N) is 3. The number of hydrogen-bond donors (Lipinski definition) is 0. The van der Waals surface area contributed by atoms with Gasteiger partial charge in [-0.15, -0.1) is 0 Å². The predicted molar refractivity (Wildman–Crippen MR) is 91.5 cm³/mol. The monoisotopic (exact) mass is 355 g/mol. The van der Waals surface area contributed by atoms with Crippen LogP contribution < -0.4 is 0 Å². The van der Waals surface area contributed by atoms with E-state index in [1.807, 2.05) is 6.07 Å². The fraction of sp³-hybridized carbons (Fsp3) is 0.111. The molecule has 0 saturated heterocycles. The normalized spacial score (nSPS) is 11.3. The summed E-state index contributed by atoms with van der Waals surface area (Å²) in [6.07, 6.45) is 1.13. The zero-order valence-corrected chi connectivity index (χ0v) is 14.4. The van der Waals surface area contributed by atoms with Crippen LogP contribution in [0.25, 0.3) is 16.9 Å². The van der Waals surface area contributed by atoms with Gasteiger partial charge in [0.15, 0.2) is 15.5 Å². The number of hydrogen-bond acceptors (Lipinski definition) is 4. The third-order valence-electron chi connectivity index (χ3n) is 3.80. The Hall–Kier alpha value is -2.98. The zero-order chi connectivity index (χ0) is 18.2. The standard InChI is InChI=1S/C18H14FN3O2S/c1-12-3-6-15(10-17(12)19)22-18(9-14(11-20)21-22)13-4-7-16(8-5-13)25(2,23)24/h3-10H,1-2H3. The maximum Gasteiger partial charge on any atom is 0.175 e. The van der Waals surface area contributed by atoms with Gasteiger partial charge in [0.05, 0.1) is 16.3 Å². The van der Waals surface area contributed by atoms with E-state index in [1.165, 1.54) is 22.9 Å². The second-order valence-electron chi connectivity index (χ2n) is 5.67. The van der Waals surface area contributed by atoms with Gasteiger partial charge in [-0.3, -0.25) is 0 Å². The van der Waals surface area contributed by atoms with Crippen molar-refractivity contribution in [2.75, 3.05) is 6.26 Å². The quantitative estimate of drug-likeness (QED) is 0.723. The molecule has 1 heterocycles. The van der Waals surface area contributed by atoms with Gasteiger partial charge in [-0.25, -0.2) is 17.5 Å². The fourth-order valence-corrected chi connectivity index (χ4v) is 3.06. The largest absolute Gasteiger partial charge is 0.232 e. The summed E-state index contributed by atoms with van der Waals surface area (Å²) in [6, 6.07) is 14.5. The summed E-state index contributed by atoms with van der Waals surface area (Å²) in [5, 5.41) is 13.3. The first-order valence-electron chi connectivity index (χ1n) is 7.37. The molecule has 126 valence electrons. The molecular weight excluding hydrogens is 341 g/mol. The van der Waals surface area contributed by atoms with Gasteiger partial charge in [-0.2, -0.15) is 10.4 Å². The third-order valence-corrected chi connectivity index (χ3v) is 4.93. The maximum atomic E-state index is 13.9. The van der Waals surface area contributed by atoms with Crippen LogP contribution >= 0.6 is 0 Å². The molecule has 0 spiro atoms. The van der Waals surface area contributed by atoms with E-state index in [1.54, 1.807) is 37.3 Å². The first kappa shape index (κ1) is 16.9. The van der Waals surface area contributed by atoms with Crippen LogP contribution in [0.3, 0.4) is 0 Å². The zero-order valence-electron chi connectivity index (χ0n) is 13.6. The van der Waals surface area contributed by atoms with Crippen LogP contribution in [0, 0.1) is 24.1 Å². The molecule has 0 radical (unpaired) electrons. The highest BCUT2D eigenvalue weighted by atomic mass is 32.2. The number of halogens is 1. The van der Waals surface area contributed by atoms with E-state index in [-0.39, 0.29) is 16.4 Å². The molecule has 0 aliphatic heterocycles. The molecule has 5 nitrogen and oxygen atoms in total. The molecule has 0 atom stereocenters. The molecule has 0 N–H and O–H groups in total. The van der Waals surface area contributed by atoms with Crippen molar-refractivity contribution >= 4 is 9.84 Å². The molecule has 7 heteroatoms. The summed E-state index contributed by atoms with van der Waals surface area (Å²) in [6.45, 7) is 1.66. The molecule has 25 heavy (non-hydrogen) atoms. The van der Waals surface area contributed by atoms with Crippen LogP contribution in [-0.4, -0.2) is 24.5 Å². The average molecular weight is 355 g/mol. The van der Waals surface area contributed by atoms with Gasteiger partial charge in [0.1, 0.15) is 11.9 Å². The van der Waals surface area contributed by atoms with Gasteiger partial charge >= 0.3 is 0 Å². The van der Waals surface area contributed by atoms with E-state index in [4.69, 9.17) is 5.26 Å². The van der Waals surface area contributed by atoms with Crippen LogP contribution in [0.1, 0.15) is 11.3 Å². The van der Waals surface area contributed by atoms with Gasteiger partial charge in [0.2, 0.25) is 0 Å². The summed E-state index contributed by atoms with van der Waals surface area (Å²) in [5.41, 5.74) is 2.41. The molecule has 0 amide bonds. The van der Waals surface area contributed by atoms with Crippen LogP contribution in [0.4, 0.5) is 4.39 Å². The Morgan fingerprint density at radius 1 is 1.12 bits per heavy atom. The Morgan fingerprint density at radius 2 is 1.80 bits per heavy atom. The maximum absolute atomic E-state index is 13.9. The van der Waals surface area contributed by atoms with Crippen molar-refractivity contribution in [3.05, 3.63) is 65.6 Å². The highest BCUT2D eigenvalue weighted by Gasteiger charge is 2.14. The van der Waals surface area contributed by atoms with Crippen LogP contribution in [0.15, 0.2) is 53.4 Å². The van der Waals surface area contributed by atoms with Gasteiger partial charge in [-0.1, -0.05) is 18.2 Å². The van der Waals surface area contributed by atoms with Crippen molar-refractivity contribution in [1.82, 2.24) is 9.78 Å². The Balaban J connectivity index is 2.15. The molecule has 0 aliphatic rings. The molecule has 3 aromatic rings. The van der Waals surface area contributed by atoms with E-state index < -0.39 is 9.84 Å². The number of aromatic nitrogens is 2.